The van der Waals surface area contributed by atoms with E-state index in [4.69, 9.17) is 13.9 Å². The molecule has 130 valence electrons. The smallest absolute Gasteiger partial charge is 0.295 e. The molecule has 25 heavy (non-hydrogen) atoms. The first-order valence-electron chi connectivity index (χ1n) is 7.67. The molecule has 0 radical (unpaired) electrons. The normalized spacial score (nSPS) is 10.6. The molecule has 0 fully saturated rings. The summed E-state index contributed by atoms with van der Waals surface area (Å²) in [6, 6.07) is 11.0. The van der Waals surface area contributed by atoms with Crippen LogP contribution >= 0.6 is 11.3 Å². The zero-order valence-electron chi connectivity index (χ0n) is 14.0. The van der Waals surface area contributed by atoms with Gasteiger partial charge >= 0.3 is 0 Å². The van der Waals surface area contributed by atoms with Crippen LogP contribution in [-0.2, 0) is 4.74 Å². The summed E-state index contributed by atoms with van der Waals surface area (Å²) < 4.78 is 15.5. The van der Waals surface area contributed by atoms with Crippen LogP contribution in [-0.4, -0.2) is 38.3 Å². The monoisotopic (exact) mass is 358 g/mol. The van der Waals surface area contributed by atoms with Gasteiger partial charge in [-0.2, -0.15) is 0 Å². The summed E-state index contributed by atoms with van der Waals surface area (Å²) in [5.74, 6) is 0.823. The molecular weight excluding hydrogens is 340 g/mol. The molecule has 7 heteroatoms. The van der Waals surface area contributed by atoms with E-state index in [0.717, 1.165) is 17.0 Å². The number of carbonyl (C=O) groups is 1. The van der Waals surface area contributed by atoms with Gasteiger partial charge in [0.05, 0.1) is 32.2 Å². The van der Waals surface area contributed by atoms with Gasteiger partial charge in [0.2, 0.25) is 0 Å². The summed E-state index contributed by atoms with van der Waals surface area (Å²) in [5.41, 5.74) is 1.76. The maximum absolute atomic E-state index is 12.7. The standard InChI is InChI=1S/C18H18N2O4S/c1-22-11-9-20(17(21)16-4-3-10-24-16)18-19-15(12-25-18)13-5-7-14(23-2)8-6-13/h3-8,10,12H,9,11H2,1-2H3. The lowest BCUT2D eigenvalue weighted by atomic mass is 10.2. The van der Waals surface area contributed by atoms with E-state index in [9.17, 15) is 4.79 Å². The Kier molecular flexibility index (Phi) is 5.47. The average Bonchev–Trinajstić information content (AvgIpc) is 3.34. The predicted molar refractivity (Wildman–Crippen MR) is 96.4 cm³/mol. The van der Waals surface area contributed by atoms with Gasteiger partial charge in [0.15, 0.2) is 10.9 Å². The largest absolute Gasteiger partial charge is 0.497 e. The second-order valence-corrected chi connectivity index (χ2v) is 6.01. The lowest BCUT2D eigenvalue weighted by Crippen LogP contribution is -2.33. The van der Waals surface area contributed by atoms with Crippen LogP contribution in [0.25, 0.3) is 11.3 Å². The Labute approximate surface area is 149 Å². The number of methoxy groups -OCH3 is 2. The quantitative estimate of drug-likeness (QED) is 0.644. The van der Waals surface area contributed by atoms with Gasteiger partial charge in [-0.15, -0.1) is 11.3 Å². The SMILES string of the molecule is COCCN(C(=O)c1ccco1)c1nc(-c2ccc(OC)cc2)cs1. The van der Waals surface area contributed by atoms with E-state index in [1.807, 2.05) is 29.6 Å². The van der Waals surface area contributed by atoms with Gasteiger partial charge in [-0.05, 0) is 36.4 Å². The molecule has 0 bridgehead atoms. The summed E-state index contributed by atoms with van der Waals surface area (Å²) in [6.45, 7) is 0.801. The van der Waals surface area contributed by atoms with Crippen molar-refractivity contribution >= 4 is 22.4 Å². The summed E-state index contributed by atoms with van der Waals surface area (Å²) in [4.78, 5) is 18.8. The molecule has 1 aromatic carbocycles. The zero-order chi connectivity index (χ0) is 17.6. The Balaban J connectivity index is 1.86. The van der Waals surface area contributed by atoms with Gasteiger partial charge in [-0.3, -0.25) is 9.69 Å². The Hall–Kier alpha value is -2.64. The minimum absolute atomic E-state index is 0.238. The van der Waals surface area contributed by atoms with Crippen LogP contribution in [0.1, 0.15) is 10.6 Å². The van der Waals surface area contributed by atoms with Gasteiger partial charge in [-0.1, -0.05) is 0 Å². The topological polar surface area (TPSA) is 64.8 Å². The van der Waals surface area contributed by atoms with Crippen molar-refractivity contribution in [1.29, 1.82) is 0 Å². The molecule has 0 aliphatic rings. The zero-order valence-corrected chi connectivity index (χ0v) is 14.8. The van der Waals surface area contributed by atoms with Crippen LogP contribution in [0.4, 0.5) is 5.13 Å². The fourth-order valence-corrected chi connectivity index (χ4v) is 3.14. The Morgan fingerprint density at radius 3 is 2.68 bits per heavy atom. The molecule has 0 aliphatic heterocycles. The van der Waals surface area contributed by atoms with Gasteiger partial charge in [0.25, 0.3) is 5.91 Å². The van der Waals surface area contributed by atoms with Gasteiger partial charge < -0.3 is 13.9 Å². The number of furan rings is 1. The number of amides is 1. The first kappa shape index (κ1) is 17.2. The fraction of sp³-hybridized carbons (Fsp3) is 0.222. The predicted octanol–water partition coefficient (Wildman–Crippen LogP) is 3.70. The number of hydrogen-bond donors (Lipinski definition) is 0. The second kappa shape index (κ2) is 7.96. The number of anilines is 1. The molecule has 1 amide bonds. The number of hydrogen-bond acceptors (Lipinski definition) is 6. The van der Waals surface area contributed by atoms with Crippen LogP contribution in [0, 0.1) is 0 Å². The lowest BCUT2D eigenvalue weighted by Gasteiger charge is -2.18. The van der Waals surface area contributed by atoms with Crippen molar-refractivity contribution in [2.24, 2.45) is 0 Å². The molecular formula is C18H18N2O4S. The first-order valence-corrected chi connectivity index (χ1v) is 8.55. The van der Waals surface area contributed by atoms with E-state index in [1.54, 1.807) is 31.3 Å². The van der Waals surface area contributed by atoms with Crippen LogP contribution < -0.4 is 9.64 Å². The number of thiazole rings is 1. The number of carbonyl (C=O) groups excluding carboxylic acids is 1. The van der Waals surface area contributed by atoms with E-state index in [1.165, 1.54) is 17.6 Å². The third-order valence-electron chi connectivity index (χ3n) is 3.60. The summed E-state index contributed by atoms with van der Waals surface area (Å²) in [5, 5.41) is 2.52. The third kappa shape index (κ3) is 3.89. The highest BCUT2D eigenvalue weighted by Gasteiger charge is 2.22. The summed E-state index contributed by atoms with van der Waals surface area (Å²) in [7, 11) is 3.23. The van der Waals surface area contributed by atoms with Crippen molar-refractivity contribution in [1.82, 2.24) is 4.98 Å². The minimum Gasteiger partial charge on any atom is -0.497 e. The van der Waals surface area contributed by atoms with Gasteiger partial charge in [0, 0.05) is 18.1 Å². The maximum Gasteiger partial charge on any atom is 0.295 e. The van der Waals surface area contributed by atoms with Crippen LogP contribution in [0.3, 0.4) is 0 Å². The molecule has 0 atom stereocenters. The van der Waals surface area contributed by atoms with Crippen LogP contribution in [0.2, 0.25) is 0 Å². The van der Waals surface area contributed by atoms with Crippen molar-refractivity contribution in [2.75, 3.05) is 32.3 Å². The van der Waals surface area contributed by atoms with Crippen LogP contribution in [0.15, 0.2) is 52.5 Å². The van der Waals surface area contributed by atoms with Crippen molar-refractivity contribution in [3.05, 3.63) is 53.8 Å². The highest BCUT2D eigenvalue weighted by Crippen LogP contribution is 2.29. The molecule has 3 rings (SSSR count). The molecule has 0 aliphatic carbocycles. The minimum atomic E-state index is -0.238. The molecule has 0 N–H and O–H groups in total. The van der Waals surface area contributed by atoms with Crippen molar-refractivity contribution in [3.63, 3.8) is 0 Å². The Morgan fingerprint density at radius 1 is 1.24 bits per heavy atom. The number of benzene rings is 1. The highest BCUT2D eigenvalue weighted by molar-refractivity contribution is 7.14. The highest BCUT2D eigenvalue weighted by atomic mass is 32.1. The second-order valence-electron chi connectivity index (χ2n) is 5.17. The lowest BCUT2D eigenvalue weighted by molar-refractivity contribution is 0.0949. The molecule has 0 spiro atoms. The van der Waals surface area contributed by atoms with Crippen molar-refractivity contribution in [3.8, 4) is 17.0 Å². The molecule has 6 nitrogen and oxygen atoms in total. The molecule has 0 saturated carbocycles. The molecule has 3 aromatic rings. The summed E-state index contributed by atoms with van der Waals surface area (Å²) >= 11 is 1.40. The van der Waals surface area contributed by atoms with Gasteiger partial charge in [-0.25, -0.2) is 4.98 Å². The number of rotatable bonds is 7. The maximum atomic E-state index is 12.7. The molecule has 0 saturated heterocycles. The van der Waals surface area contributed by atoms with E-state index in [-0.39, 0.29) is 11.7 Å². The fourth-order valence-electron chi connectivity index (χ4n) is 2.28. The Morgan fingerprint density at radius 2 is 2.04 bits per heavy atom. The average molecular weight is 358 g/mol. The number of ether oxygens (including phenoxy) is 2. The Bertz CT molecular complexity index is 812. The third-order valence-corrected chi connectivity index (χ3v) is 4.47. The molecule has 2 heterocycles. The van der Waals surface area contributed by atoms with Crippen molar-refractivity contribution < 1.29 is 18.7 Å². The van der Waals surface area contributed by atoms with E-state index in [0.29, 0.717) is 18.3 Å². The van der Waals surface area contributed by atoms with E-state index in [2.05, 4.69) is 4.98 Å². The number of aromatic nitrogens is 1. The van der Waals surface area contributed by atoms with Gasteiger partial charge in [0.1, 0.15) is 5.75 Å². The van der Waals surface area contributed by atoms with Crippen molar-refractivity contribution in [2.45, 2.75) is 0 Å². The number of nitrogens with zero attached hydrogens (tertiary/aromatic N) is 2. The summed E-state index contributed by atoms with van der Waals surface area (Å²) in [6.07, 6.45) is 1.48. The first-order chi connectivity index (χ1) is 12.2. The van der Waals surface area contributed by atoms with Crippen LogP contribution in [0.5, 0.6) is 5.75 Å². The molecule has 2 aromatic heterocycles. The van der Waals surface area contributed by atoms with E-state index < -0.39 is 0 Å². The molecule has 0 unspecified atom stereocenters. The van der Waals surface area contributed by atoms with E-state index >= 15 is 0 Å².